The van der Waals surface area contributed by atoms with Crippen molar-refractivity contribution in [3.05, 3.63) is 37.9 Å². The summed E-state index contributed by atoms with van der Waals surface area (Å²) >= 11 is 0. The Morgan fingerprint density at radius 1 is 0.941 bits per heavy atom. The summed E-state index contributed by atoms with van der Waals surface area (Å²) in [6.07, 6.45) is 1.26. The van der Waals surface area contributed by atoms with Crippen molar-refractivity contribution >= 4 is 17.4 Å². The van der Waals surface area contributed by atoms with E-state index in [1.165, 1.54) is 36.5 Å². The van der Waals surface area contributed by atoms with E-state index < -0.39 is 16.9 Å². The Labute approximate surface area is 95.4 Å². The highest BCUT2D eigenvalue weighted by atomic mass is 16.2. The summed E-state index contributed by atoms with van der Waals surface area (Å²) in [7, 11) is 4.38. The molecule has 90 valence electrons. The van der Waals surface area contributed by atoms with Gasteiger partial charge in [-0.25, -0.2) is 9.59 Å². The van der Waals surface area contributed by atoms with Gasteiger partial charge in [0.1, 0.15) is 0 Å². The highest BCUT2D eigenvalue weighted by Gasteiger charge is 2.17. The molecule has 0 saturated carbocycles. The SMILES string of the molecule is C=Cn1c(=O)n(C)c2c1c(=O)n(C)c(=O)n2C. The number of aryl methyl sites for hydroxylation is 2. The van der Waals surface area contributed by atoms with Crippen molar-refractivity contribution in [1.82, 2.24) is 18.3 Å². The van der Waals surface area contributed by atoms with Crippen molar-refractivity contribution in [1.29, 1.82) is 0 Å². The third kappa shape index (κ3) is 1.19. The molecule has 0 bridgehead atoms. The average Bonchev–Trinajstić information content (AvgIpc) is 2.57. The topological polar surface area (TPSA) is 70.9 Å². The lowest BCUT2D eigenvalue weighted by molar-refractivity contribution is 0.696. The number of hydrogen-bond donors (Lipinski definition) is 0. The lowest BCUT2D eigenvalue weighted by Gasteiger charge is -2.04. The van der Waals surface area contributed by atoms with Crippen LogP contribution in [0, 0.1) is 0 Å². The van der Waals surface area contributed by atoms with Crippen LogP contribution in [0.25, 0.3) is 17.4 Å². The first-order valence-corrected chi connectivity index (χ1v) is 4.91. The number of fused-ring (bicyclic) bond motifs is 1. The number of imidazole rings is 1. The van der Waals surface area contributed by atoms with Crippen molar-refractivity contribution in [3.63, 3.8) is 0 Å². The van der Waals surface area contributed by atoms with Crippen LogP contribution >= 0.6 is 0 Å². The summed E-state index contributed by atoms with van der Waals surface area (Å²) in [6.45, 7) is 3.49. The first-order chi connectivity index (χ1) is 7.91. The van der Waals surface area contributed by atoms with E-state index in [1.54, 1.807) is 0 Å². The van der Waals surface area contributed by atoms with Gasteiger partial charge in [0.05, 0.1) is 0 Å². The van der Waals surface area contributed by atoms with Crippen molar-refractivity contribution in [2.75, 3.05) is 0 Å². The second-order valence-corrected chi connectivity index (χ2v) is 3.77. The van der Waals surface area contributed by atoms with E-state index in [2.05, 4.69) is 6.58 Å². The molecule has 0 N–H and O–H groups in total. The maximum absolute atomic E-state index is 12.0. The molecule has 0 saturated heterocycles. The standard InChI is InChI=1S/C10H12N4O3/c1-5-14-6-7(12(3)10(14)17)11(2)9(16)13(4)8(6)15/h5H,1H2,2-4H3. The first kappa shape index (κ1) is 11.2. The monoisotopic (exact) mass is 236 g/mol. The molecule has 0 amide bonds. The Morgan fingerprint density at radius 3 is 2.00 bits per heavy atom. The summed E-state index contributed by atoms with van der Waals surface area (Å²) in [5.41, 5.74) is -0.964. The van der Waals surface area contributed by atoms with Gasteiger partial charge in [-0.3, -0.25) is 23.1 Å². The average molecular weight is 236 g/mol. The molecule has 7 nitrogen and oxygen atoms in total. The molecule has 0 aromatic carbocycles. The largest absolute Gasteiger partial charge is 0.334 e. The van der Waals surface area contributed by atoms with Crippen molar-refractivity contribution < 1.29 is 0 Å². The zero-order chi connectivity index (χ0) is 12.9. The Kier molecular flexibility index (Phi) is 2.20. The second-order valence-electron chi connectivity index (χ2n) is 3.77. The number of nitrogens with zero attached hydrogens (tertiary/aromatic N) is 4. The molecule has 0 fully saturated rings. The van der Waals surface area contributed by atoms with Crippen LogP contribution in [0.5, 0.6) is 0 Å². The van der Waals surface area contributed by atoms with E-state index in [0.29, 0.717) is 0 Å². The number of hydrogen-bond acceptors (Lipinski definition) is 3. The summed E-state index contributed by atoms with van der Waals surface area (Å²) < 4.78 is 4.61. The summed E-state index contributed by atoms with van der Waals surface area (Å²) in [5.74, 6) is 0. The van der Waals surface area contributed by atoms with Crippen LogP contribution in [0.2, 0.25) is 0 Å². The van der Waals surface area contributed by atoms with E-state index >= 15 is 0 Å². The molecule has 0 atom stereocenters. The highest BCUT2D eigenvalue weighted by Crippen LogP contribution is 2.04. The Balaban J connectivity index is 3.36. The second kappa shape index (κ2) is 3.34. The van der Waals surface area contributed by atoms with E-state index in [4.69, 9.17) is 0 Å². The fourth-order valence-electron chi connectivity index (χ4n) is 1.93. The predicted molar refractivity (Wildman–Crippen MR) is 64.0 cm³/mol. The summed E-state index contributed by atoms with van der Waals surface area (Å²) in [6, 6.07) is 0. The Hall–Kier alpha value is -2.31. The summed E-state index contributed by atoms with van der Waals surface area (Å²) in [4.78, 5) is 35.6. The normalized spacial score (nSPS) is 11.0. The maximum atomic E-state index is 12.0. The maximum Gasteiger partial charge on any atom is 0.334 e. The highest BCUT2D eigenvalue weighted by molar-refractivity contribution is 5.73. The predicted octanol–water partition coefficient (Wildman–Crippen LogP) is -1.16. The molecule has 7 heteroatoms. The van der Waals surface area contributed by atoms with E-state index in [-0.39, 0.29) is 11.2 Å². The van der Waals surface area contributed by atoms with Crippen LogP contribution < -0.4 is 16.9 Å². The van der Waals surface area contributed by atoms with Gasteiger partial charge in [0.2, 0.25) is 0 Å². The fraction of sp³-hybridized carbons (Fsp3) is 0.300. The molecule has 2 rings (SSSR count). The molecule has 2 aromatic heterocycles. The quantitative estimate of drug-likeness (QED) is 0.627. The molecule has 0 unspecified atom stereocenters. The molecule has 0 aliphatic rings. The molecular formula is C10H12N4O3. The van der Waals surface area contributed by atoms with Gasteiger partial charge in [0.25, 0.3) is 5.56 Å². The number of rotatable bonds is 1. The lowest BCUT2D eigenvalue weighted by atomic mass is 10.5. The van der Waals surface area contributed by atoms with Gasteiger partial charge in [0, 0.05) is 27.3 Å². The Morgan fingerprint density at radius 2 is 1.47 bits per heavy atom. The fourth-order valence-corrected chi connectivity index (χ4v) is 1.93. The van der Waals surface area contributed by atoms with Gasteiger partial charge in [-0.05, 0) is 0 Å². The van der Waals surface area contributed by atoms with Crippen LogP contribution in [-0.2, 0) is 21.1 Å². The third-order valence-electron chi connectivity index (χ3n) is 2.84. The molecule has 2 heterocycles. The van der Waals surface area contributed by atoms with Gasteiger partial charge in [-0.15, -0.1) is 0 Å². The minimum Gasteiger partial charge on any atom is -0.281 e. The van der Waals surface area contributed by atoms with Gasteiger partial charge in [-0.1, -0.05) is 6.58 Å². The van der Waals surface area contributed by atoms with Crippen molar-refractivity contribution in [3.8, 4) is 0 Å². The molecular weight excluding hydrogens is 224 g/mol. The molecule has 2 aromatic rings. The van der Waals surface area contributed by atoms with Gasteiger partial charge < -0.3 is 0 Å². The Bertz CT molecular complexity index is 800. The van der Waals surface area contributed by atoms with Crippen LogP contribution in [-0.4, -0.2) is 18.3 Å². The lowest BCUT2D eigenvalue weighted by Crippen LogP contribution is -2.37. The molecule has 0 aliphatic heterocycles. The molecule has 0 spiro atoms. The smallest absolute Gasteiger partial charge is 0.281 e. The molecule has 17 heavy (non-hydrogen) atoms. The third-order valence-corrected chi connectivity index (χ3v) is 2.84. The van der Waals surface area contributed by atoms with Crippen LogP contribution in [0.15, 0.2) is 21.0 Å². The van der Waals surface area contributed by atoms with Crippen LogP contribution in [0.1, 0.15) is 0 Å². The van der Waals surface area contributed by atoms with Gasteiger partial charge in [0.15, 0.2) is 11.2 Å². The first-order valence-electron chi connectivity index (χ1n) is 4.91. The van der Waals surface area contributed by atoms with Crippen molar-refractivity contribution in [2.45, 2.75) is 0 Å². The summed E-state index contributed by atoms with van der Waals surface area (Å²) in [5, 5.41) is 0. The minimum absolute atomic E-state index is 0.150. The van der Waals surface area contributed by atoms with Gasteiger partial charge in [-0.2, -0.15) is 0 Å². The van der Waals surface area contributed by atoms with Gasteiger partial charge >= 0.3 is 11.4 Å². The van der Waals surface area contributed by atoms with Crippen LogP contribution in [0.3, 0.4) is 0 Å². The van der Waals surface area contributed by atoms with E-state index in [1.807, 2.05) is 0 Å². The molecule has 0 radical (unpaired) electrons. The minimum atomic E-state index is -0.513. The van der Waals surface area contributed by atoms with Crippen molar-refractivity contribution in [2.24, 2.45) is 21.1 Å². The van der Waals surface area contributed by atoms with Crippen LogP contribution in [0.4, 0.5) is 0 Å². The van der Waals surface area contributed by atoms with E-state index in [0.717, 1.165) is 9.13 Å². The zero-order valence-corrected chi connectivity index (χ0v) is 9.80. The van der Waals surface area contributed by atoms with E-state index in [9.17, 15) is 14.4 Å². The molecule has 0 aliphatic carbocycles. The zero-order valence-electron chi connectivity index (χ0n) is 9.80. The number of aromatic nitrogens is 4.